The molecule has 1 heterocycles. The van der Waals surface area contributed by atoms with Crippen molar-refractivity contribution in [1.29, 1.82) is 0 Å². The Labute approximate surface area is 121 Å². The molecular formula is C15H14N2O4. The van der Waals surface area contributed by atoms with Crippen LogP contribution >= 0.6 is 0 Å². The number of anilines is 1. The summed E-state index contributed by atoms with van der Waals surface area (Å²) in [5.74, 6) is -1.23. The molecule has 0 saturated carbocycles. The quantitative estimate of drug-likeness (QED) is 0.900. The number of ether oxygens (including phenoxy) is 1. The van der Waals surface area contributed by atoms with Gasteiger partial charge in [0.1, 0.15) is 17.1 Å². The Balaban J connectivity index is 2.35. The second kappa shape index (κ2) is 6.04. The summed E-state index contributed by atoms with van der Waals surface area (Å²) in [5.41, 5.74) is 1.14. The van der Waals surface area contributed by atoms with E-state index >= 15 is 0 Å². The van der Waals surface area contributed by atoms with Gasteiger partial charge >= 0.3 is 5.97 Å². The number of methoxy groups -OCH3 is 1. The number of carbonyl (C=O) groups is 2. The lowest BCUT2D eigenvalue weighted by Gasteiger charge is -2.11. The zero-order chi connectivity index (χ0) is 15.4. The summed E-state index contributed by atoms with van der Waals surface area (Å²) in [4.78, 5) is 27.3. The number of aryl methyl sites for hydroxylation is 1. The largest absolute Gasteiger partial charge is 0.496 e. The first-order chi connectivity index (χ1) is 10.0. The number of nitrogens with zero attached hydrogens (tertiary/aromatic N) is 1. The molecule has 0 aliphatic heterocycles. The molecule has 0 aliphatic carbocycles. The number of nitrogens with one attached hydrogen (secondary N) is 1. The van der Waals surface area contributed by atoms with Crippen LogP contribution in [0.15, 0.2) is 36.5 Å². The van der Waals surface area contributed by atoms with Gasteiger partial charge in [0, 0.05) is 6.20 Å². The molecular weight excluding hydrogens is 272 g/mol. The van der Waals surface area contributed by atoms with E-state index in [0.29, 0.717) is 11.3 Å². The van der Waals surface area contributed by atoms with E-state index in [4.69, 9.17) is 9.84 Å². The van der Waals surface area contributed by atoms with Gasteiger partial charge in [-0.15, -0.1) is 0 Å². The van der Waals surface area contributed by atoms with Crippen LogP contribution in [0.4, 0.5) is 5.82 Å². The van der Waals surface area contributed by atoms with Crippen LogP contribution < -0.4 is 10.1 Å². The summed E-state index contributed by atoms with van der Waals surface area (Å²) >= 11 is 0. The predicted molar refractivity (Wildman–Crippen MR) is 76.9 cm³/mol. The molecule has 6 nitrogen and oxygen atoms in total. The van der Waals surface area contributed by atoms with Crippen LogP contribution in [-0.2, 0) is 0 Å². The van der Waals surface area contributed by atoms with Crippen LogP contribution in [-0.4, -0.2) is 29.1 Å². The van der Waals surface area contributed by atoms with Crippen LogP contribution in [0, 0.1) is 6.92 Å². The zero-order valence-corrected chi connectivity index (χ0v) is 11.6. The first-order valence-corrected chi connectivity index (χ1v) is 6.17. The van der Waals surface area contributed by atoms with E-state index in [9.17, 15) is 9.59 Å². The van der Waals surface area contributed by atoms with Crippen molar-refractivity contribution in [3.8, 4) is 5.75 Å². The van der Waals surface area contributed by atoms with Gasteiger partial charge in [0.05, 0.1) is 12.7 Å². The van der Waals surface area contributed by atoms with Gasteiger partial charge in [-0.2, -0.15) is 0 Å². The molecule has 1 amide bonds. The highest BCUT2D eigenvalue weighted by Gasteiger charge is 2.17. The van der Waals surface area contributed by atoms with Crippen molar-refractivity contribution in [1.82, 2.24) is 4.98 Å². The minimum Gasteiger partial charge on any atom is -0.496 e. The van der Waals surface area contributed by atoms with Gasteiger partial charge in [0.15, 0.2) is 0 Å². The van der Waals surface area contributed by atoms with Crippen molar-refractivity contribution >= 4 is 17.7 Å². The van der Waals surface area contributed by atoms with E-state index in [2.05, 4.69) is 10.3 Å². The number of aromatic carboxylic acids is 1. The first-order valence-electron chi connectivity index (χ1n) is 6.17. The number of hydrogen-bond donors (Lipinski definition) is 2. The third-order valence-electron chi connectivity index (χ3n) is 2.87. The highest BCUT2D eigenvalue weighted by atomic mass is 16.5. The number of aromatic nitrogens is 1. The molecule has 0 aliphatic rings. The lowest BCUT2D eigenvalue weighted by atomic mass is 10.1. The maximum atomic E-state index is 12.3. The molecule has 2 aromatic rings. The van der Waals surface area contributed by atoms with Gasteiger partial charge in [-0.1, -0.05) is 11.6 Å². The number of rotatable bonds is 4. The molecule has 0 fully saturated rings. The van der Waals surface area contributed by atoms with Gasteiger partial charge in [0.2, 0.25) is 0 Å². The summed E-state index contributed by atoms with van der Waals surface area (Å²) in [6.07, 6.45) is 1.41. The zero-order valence-electron chi connectivity index (χ0n) is 11.6. The molecule has 0 saturated heterocycles. The SMILES string of the molecule is COc1ccc(C)cc1C(=O)Nc1ncccc1C(=O)O. The second-order valence-electron chi connectivity index (χ2n) is 4.36. The van der Waals surface area contributed by atoms with Gasteiger partial charge in [-0.3, -0.25) is 4.79 Å². The molecule has 0 unspecified atom stereocenters. The fourth-order valence-electron chi connectivity index (χ4n) is 1.85. The maximum Gasteiger partial charge on any atom is 0.339 e. The molecule has 1 aromatic heterocycles. The molecule has 1 aromatic carbocycles. The molecule has 6 heteroatoms. The van der Waals surface area contributed by atoms with Crippen molar-refractivity contribution in [3.63, 3.8) is 0 Å². The standard InChI is InChI=1S/C15H14N2O4/c1-9-5-6-12(21-2)11(8-9)14(18)17-13-10(15(19)20)4-3-7-16-13/h3-8H,1-2H3,(H,19,20)(H,16,17,18). The number of amides is 1. The number of pyridine rings is 1. The second-order valence-corrected chi connectivity index (χ2v) is 4.36. The minimum atomic E-state index is -1.16. The van der Waals surface area contributed by atoms with Crippen molar-refractivity contribution < 1.29 is 19.4 Å². The Morgan fingerprint density at radius 1 is 1.24 bits per heavy atom. The molecule has 0 spiro atoms. The molecule has 21 heavy (non-hydrogen) atoms. The topological polar surface area (TPSA) is 88.5 Å². The van der Waals surface area contributed by atoms with Crippen molar-refractivity contribution in [2.75, 3.05) is 12.4 Å². The molecule has 0 atom stereocenters. The summed E-state index contributed by atoms with van der Waals surface area (Å²) < 4.78 is 5.14. The van der Waals surface area contributed by atoms with Gasteiger partial charge < -0.3 is 15.2 Å². The smallest absolute Gasteiger partial charge is 0.339 e. The average molecular weight is 286 g/mol. The highest BCUT2D eigenvalue weighted by molar-refractivity contribution is 6.08. The maximum absolute atomic E-state index is 12.3. The van der Waals surface area contributed by atoms with E-state index in [0.717, 1.165) is 5.56 Å². The summed E-state index contributed by atoms with van der Waals surface area (Å²) in [5, 5.41) is 11.6. The Hall–Kier alpha value is -2.89. The van der Waals surface area contributed by atoms with E-state index in [1.54, 1.807) is 12.1 Å². The fraction of sp³-hybridized carbons (Fsp3) is 0.133. The van der Waals surface area contributed by atoms with E-state index in [-0.39, 0.29) is 11.4 Å². The molecule has 2 rings (SSSR count). The first kappa shape index (κ1) is 14.5. The van der Waals surface area contributed by atoms with Gasteiger partial charge in [0.25, 0.3) is 5.91 Å². The lowest BCUT2D eigenvalue weighted by Crippen LogP contribution is -2.17. The summed E-state index contributed by atoms with van der Waals surface area (Å²) in [6, 6.07) is 8.03. The number of hydrogen-bond acceptors (Lipinski definition) is 4. The Kier molecular flexibility index (Phi) is 4.18. The third-order valence-corrected chi connectivity index (χ3v) is 2.87. The van der Waals surface area contributed by atoms with E-state index in [1.807, 2.05) is 13.0 Å². The van der Waals surface area contributed by atoms with Crippen LogP contribution in [0.5, 0.6) is 5.75 Å². The van der Waals surface area contributed by atoms with Gasteiger partial charge in [-0.25, -0.2) is 9.78 Å². The average Bonchev–Trinajstić information content (AvgIpc) is 2.47. The fourth-order valence-corrected chi connectivity index (χ4v) is 1.85. The highest BCUT2D eigenvalue weighted by Crippen LogP contribution is 2.21. The number of carboxylic acids is 1. The van der Waals surface area contributed by atoms with E-state index in [1.165, 1.54) is 25.4 Å². The van der Waals surface area contributed by atoms with Crippen LogP contribution in [0.3, 0.4) is 0 Å². The predicted octanol–water partition coefficient (Wildman–Crippen LogP) is 2.35. The Morgan fingerprint density at radius 2 is 2.00 bits per heavy atom. The third kappa shape index (κ3) is 3.17. The summed E-state index contributed by atoms with van der Waals surface area (Å²) in [6.45, 7) is 1.85. The number of carbonyl (C=O) groups excluding carboxylic acids is 1. The van der Waals surface area contributed by atoms with Crippen molar-refractivity contribution in [2.24, 2.45) is 0 Å². The molecule has 2 N–H and O–H groups in total. The van der Waals surface area contributed by atoms with Crippen molar-refractivity contribution in [2.45, 2.75) is 6.92 Å². The lowest BCUT2D eigenvalue weighted by molar-refractivity contribution is 0.0697. The molecule has 0 radical (unpaired) electrons. The summed E-state index contributed by atoms with van der Waals surface area (Å²) in [7, 11) is 1.46. The van der Waals surface area contributed by atoms with Crippen LogP contribution in [0.25, 0.3) is 0 Å². The molecule has 0 bridgehead atoms. The number of benzene rings is 1. The van der Waals surface area contributed by atoms with Gasteiger partial charge in [-0.05, 0) is 31.2 Å². The van der Waals surface area contributed by atoms with Crippen LogP contribution in [0.2, 0.25) is 0 Å². The minimum absolute atomic E-state index is 0.00133. The van der Waals surface area contributed by atoms with Crippen LogP contribution in [0.1, 0.15) is 26.3 Å². The Morgan fingerprint density at radius 3 is 2.67 bits per heavy atom. The molecule has 108 valence electrons. The monoisotopic (exact) mass is 286 g/mol. The van der Waals surface area contributed by atoms with Crippen molar-refractivity contribution in [3.05, 3.63) is 53.2 Å². The normalized spacial score (nSPS) is 10.0. The number of carboxylic acid groups (broad SMARTS) is 1. The van der Waals surface area contributed by atoms with E-state index < -0.39 is 11.9 Å². The Bertz CT molecular complexity index is 698.